The van der Waals surface area contributed by atoms with Crippen LogP contribution < -0.4 is 0 Å². The van der Waals surface area contributed by atoms with Crippen molar-refractivity contribution in [3.8, 4) is 0 Å². The van der Waals surface area contributed by atoms with Gasteiger partial charge < -0.3 is 9.47 Å². The first-order valence-corrected chi connectivity index (χ1v) is 8.06. The maximum absolute atomic E-state index is 12.5. The summed E-state index contributed by atoms with van der Waals surface area (Å²) in [5.41, 5.74) is 0.333. The predicted octanol–water partition coefficient (Wildman–Crippen LogP) is 2.65. The molecule has 0 atom stereocenters. The van der Waals surface area contributed by atoms with Crippen LogP contribution in [0.4, 0.5) is 5.69 Å². The van der Waals surface area contributed by atoms with E-state index >= 15 is 0 Å². The fourth-order valence-electron chi connectivity index (χ4n) is 3.13. The molecule has 0 aliphatic carbocycles. The summed E-state index contributed by atoms with van der Waals surface area (Å²) in [5, 5.41) is 10.8. The quantitative estimate of drug-likeness (QED) is 0.638. The highest BCUT2D eigenvalue weighted by atomic mass is 16.6. The van der Waals surface area contributed by atoms with Gasteiger partial charge in [-0.15, -0.1) is 0 Å². The SMILES string of the molecule is Cc1nccn1CC1CCN(C(=O)c2cccc([N+](=O)[O-])c2)CC1. The molecule has 0 spiro atoms. The van der Waals surface area contributed by atoms with E-state index in [0.717, 1.165) is 25.2 Å². The topological polar surface area (TPSA) is 81.3 Å². The molecule has 0 radical (unpaired) electrons. The van der Waals surface area contributed by atoms with Crippen molar-refractivity contribution in [2.45, 2.75) is 26.3 Å². The second-order valence-electron chi connectivity index (χ2n) is 6.17. The average molecular weight is 328 g/mol. The molecule has 126 valence electrons. The van der Waals surface area contributed by atoms with Crippen LogP contribution in [-0.2, 0) is 6.54 Å². The Balaban J connectivity index is 1.60. The molecule has 1 amide bonds. The number of carbonyl (C=O) groups excluding carboxylic acids is 1. The monoisotopic (exact) mass is 328 g/mol. The predicted molar refractivity (Wildman–Crippen MR) is 88.7 cm³/mol. The van der Waals surface area contributed by atoms with Crippen LogP contribution in [0.2, 0.25) is 0 Å². The highest BCUT2D eigenvalue weighted by Gasteiger charge is 2.24. The zero-order valence-corrected chi connectivity index (χ0v) is 13.6. The lowest BCUT2D eigenvalue weighted by molar-refractivity contribution is -0.384. The molecular weight excluding hydrogens is 308 g/mol. The van der Waals surface area contributed by atoms with Crippen molar-refractivity contribution in [2.75, 3.05) is 13.1 Å². The normalized spacial score (nSPS) is 15.5. The Labute approximate surface area is 140 Å². The number of imidazole rings is 1. The zero-order chi connectivity index (χ0) is 17.1. The fourth-order valence-corrected chi connectivity index (χ4v) is 3.13. The lowest BCUT2D eigenvalue weighted by Crippen LogP contribution is -2.39. The van der Waals surface area contributed by atoms with Crippen molar-refractivity contribution >= 4 is 11.6 Å². The van der Waals surface area contributed by atoms with Gasteiger partial charge in [-0.3, -0.25) is 14.9 Å². The third kappa shape index (κ3) is 3.45. The summed E-state index contributed by atoms with van der Waals surface area (Å²) in [5.74, 6) is 1.40. The second kappa shape index (κ2) is 6.82. The number of amides is 1. The van der Waals surface area contributed by atoms with Crippen LogP contribution in [0.15, 0.2) is 36.7 Å². The molecule has 7 heteroatoms. The molecule has 1 fully saturated rings. The number of aromatic nitrogens is 2. The molecule has 0 N–H and O–H groups in total. The molecule has 0 saturated carbocycles. The zero-order valence-electron chi connectivity index (χ0n) is 13.6. The van der Waals surface area contributed by atoms with Gasteiger partial charge in [0.1, 0.15) is 5.82 Å². The van der Waals surface area contributed by atoms with Gasteiger partial charge in [0, 0.05) is 49.7 Å². The number of carbonyl (C=O) groups is 1. The molecule has 1 aliphatic heterocycles. The summed E-state index contributed by atoms with van der Waals surface area (Å²) >= 11 is 0. The van der Waals surface area contributed by atoms with Gasteiger partial charge in [-0.1, -0.05) is 6.07 Å². The number of nitro benzene ring substituents is 1. The number of piperidine rings is 1. The van der Waals surface area contributed by atoms with Gasteiger partial charge in [0.2, 0.25) is 0 Å². The molecule has 1 aromatic heterocycles. The number of rotatable bonds is 4. The van der Waals surface area contributed by atoms with Gasteiger partial charge in [-0.05, 0) is 31.7 Å². The van der Waals surface area contributed by atoms with E-state index in [2.05, 4.69) is 9.55 Å². The van der Waals surface area contributed by atoms with E-state index in [1.807, 2.05) is 13.1 Å². The van der Waals surface area contributed by atoms with Crippen molar-refractivity contribution in [1.82, 2.24) is 14.5 Å². The van der Waals surface area contributed by atoms with E-state index in [-0.39, 0.29) is 11.6 Å². The van der Waals surface area contributed by atoms with Gasteiger partial charge in [-0.25, -0.2) is 4.98 Å². The largest absolute Gasteiger partial charge is 0.339 e. The highest BCUT2D eigenvalue weighted by molar-refractivity contribution is 5.94. The fraction of sp³-hybridized carbons (Fsp3) is 0.412. The number of hydrogen-bond acceptors (Lipinski definition) is 4. The first-order valence-electron chi connectivity index (χ1n) is 8.06. The van der Waals surface area contributed by atoms with E-state index in [4.69, 9.17) is 0 Å². The summed E-state index contributed by atoms with van der Waals surface area (Å²) in [6.07, 6.45) is 5.64. The van der Waals surface area contributed by atoms with Gasteiger partial charge in [0.15, 0.2) is 0 Å². The molecule has 3 rings (SSSR count). The van der Waals surface area contributed by atoms with Crippen molar-refractivity contribution in [1.29, 1.82) is 0 Å². The smallest absolute Gasteiger partial charge is 0.270 e. The maximum atomic E-state index is 12.5. The summed E-state index contributed by atoms with van der Waals surface area (Å²) < 4.78 is 2.14. The lowest BCUT2D eigenvalue weighted by atomic mass is 9.96. The second-order valence-corrected chi connectivity index (χ2v) is 6.17. The molecule has 2 aromatic rings. The molecule has 24 heavy (non-hydrogen) atoms. The summed E-state index contributed by atoms with van der Waals surface area (Å²) in [6.45, 7) is 4.27. The summed E-state index contributed by atoms with van der Waals surface area (Å²) in [4.78, 5) is 28.9. The lowest BCUT2D eigenvalue weighted by Gasteiger charge is -2.32. The molecule has 1 aromatic carbocycles. The minimum Gasteiger partial charge on any atom is -0.339 e. The number of nitro groups is 1. The number of likely N-dealkylation sites (tertiary alicyclic amines) is 1. The standard InChI is InChI=1S/C17H20N4O3/c1-13-18-7-10-20(13)12-14-5-8-19(9-6-14)17(22)15-3-2-4-16(11-15)21(23)24/h2-4,7,10-11,14H,5-6,8-9,12H2,1H3. The Kier molecular flexibility index (Phi) is 4.59. The molecule has 1 aliphatic rings. The van der Waals surface area contributed by atoms with Crippen molar-refractivity contribution in [3.05, 3.63) is 58.2 Å². The van der Waals surface area contributed by atoms with Gasteiger partial charge >= 0.3 is 0 Å². The molecule has 1 saturated heterocycles. The van der Waals surface area contributed by atoms with Crippen LogP contribution in [0.3, 0.4) is 0 Å². The Morgan fingerprint density at radius 2 is 2.12 bits per heavy atom. The third-order valence-corrected chi connectivity index (χ3v) is 4.58. The van der Waals surface area contributed by atoms with E-state index in [1.165, 1.54) is 12.1 Å². The molecule has 0 bridgehead atoms. The Morgan fingerprint density at radius 1 is 1.38 bits per heavy atom. The van der Waals surface area contributed by atoms with Crippen molar-refractivity contribution < 1.29 is 9.72 Å². The molecule has 2 heterocycles. The number of aryl methyl sites for hydroxylation is 1. The van der Waals surface area contributed by atoms with Crippen LogP contribution in [0.5, 0.6) is 0 Å². The van der Waals surface area contributed by atoms with Crippen LogP contribution in [0.1, 0.15) is 29.0 Å². The third-order valence-electron chi connectivity index (χ3n) is 4.58. The number of benzene rings is 1. The Bertz CT molecular complexity index is 748. The number of nitrogens with zero attached hydrogens (tertiary/aromatic N) is 4. The molecule has 7 nitrogen and oxygen atoms in total. The van der Waals surface area contributed by atoms with Crippen LogP contribution >= 0.6 is 0 Å². The highest BCUT2D eigenvalue weighted by Crippen LogP contribution is 2.22. The minimum atomic E-state index is -0.476. The van der Waals surface area contributed by atoms with Gasteiger partial charge in [0.25, 0.3) is 11.6 Å². The van der Waals surface area contributed by atoms with Crippen LogP contribution in [0, 0.1) is 23.0 Å². The maximum Gasteiger partial charge on any atom is 0.270 e. The van der Waals surface area contributed by atoms with E-state index in [9.17, 15) is 14.9 Å². The van der Waals surface area contributed by atoms with Crippen molar-refractivity contribution in [2.24, 2.45) is 5.92 Å². The number of hydrogen-bond donors (Lipinski definition) is 0. The Hall–Kier alpha value is -2.70. The number of non-ortho nitro benzene ring substituents is 1. The van der Waals surface area contributed by atoms with Crippen LogP contribution in [-0.4, -0.2) is 38.4 Å². The average Bonchev–Trinajstić information content (AvgIpc) is 3.00. The van der Waals surface area contributed by atoms with Crippen molar-refractivity contribution in [3.63, 3.8) is 0 Å². The van der Waals surface area contributed by atoms with E-state index < -0.39 is 4.92 Å². The molecular formula is C17H20N4O3. The first-order chi connectivity index (χ1) is 11.5. The minimum absolute atomic E-state index is 0.0497. The first kappa shape index (κ1) is 16.2. The van der Waals surface area contributed by atoms with Gasteiger partial charge in [-0.2, -0.15) is 0 Å². The van der Waals surface area contributed by atoms with Crippen LogP contribution in [0.25, 0.3) is 0 Å². The molecule has 0 unspecified atom stereocenters. The van der Waals surface area contributed by atoms with E-state index in [0.29, 0.717) is 24.6 Å². The van der Waals surface area contributed by atoms with E-state index in [1.54, 1.807) is 23.2 Å². The summed E-state index contributed by atoms with van der Waals surface area (Å²) in [6, 6.07) is 5.94. The summed E-state index contributed by atoms with van der Waals surface area (Å²) in [7, 11) is 0. The van der Waals surface area contributed by atoms with Gasteiger partial charge in [0.05, 0.1) is 4.92 Å². The Morgan fingerprint density at radius 3 is 2.75 bits per heavy atom.